The zero-order valence-corrected chi connectivity index (χ0v) is 12.9. The van der Waals surface area contributed by atoms with Gasteiger partial charge in [-0.15, -0.1) is 0 Å². The molecule has 6 heteroatoms. The Kier molecular flexibility index (Phi) is 3.36. The standard InChI is InChI=1S/C15H14BrNO4/c16-10-4-3-9(13(19)20)7-11(10)17-12(18)8-15(14(17)21)5-1-2-6-15/h3-4,7H,1-2,5-6,8H2,(H,19,20). The number of carboxylic acid groups (broad SMARTS) is 1. The first-order chi connectivity index (χ1) is 9.94. The Morgan fingerprint density at radius 2 is 1.90 bits per heavy atom. The van der Waals surface area contributed by atoms with E-state index < -0.39 is 11.4 Å². The van der Waals surface area contributed by atoms with Crippen molar-refractivity contribution in [2.24, 2.45) is 5.41 Å². The number of hydrogen-bond acceptors (Lipinski definition) is 3. The topological polar surface area (TPSA) is 74.7 Å². The smallest absolute Gasteiger partial charge is 0.335 e. The van der Waals surface area contributed by atoms with Crippen LogP contribution < -0.4 is 4.90 Å². The van der Waals surface area contributed by atoms with Crippen LogP contribution in [0.1, 0.15) is 42.5 Å². The first-order valence-electron chi connectivity index (χ1n) is 6.85. The van der Waals surface area contributed by atoms with Gasteiger partial charge in [-0.2, -0.15) is 0 Å². The summed E-state index contributed by atoms with van der Waals surface area (Å²) in [6, 6.07) is 4.36. The number of carboxylic acids is 1. The molecule has 1 aliphatic heterocycles. The molecule has 2 aliphatic rings. The molecule has 2 amide bonds. The molecular weight excluding hydrogens is 338 g/mol. The molecule has 1 spiro atoms. The Morgan fingerprint density at radius 1 is 1.24 bits per heavy atom. The van der Waals surface area contributed by atoms with E-state index in [0.717, 1.165) is 30.6 Å². The van der Waals surface area contributed by atoms with E-state index in [1.54, 1.807) is 6.07 Å². The number of carbonyl (C=O) groups excluding carboxylic acids is 2. The Morgan fingerprint density at radius 3 is 2.52 bits per heavy atom. The second kappa shape index (κ2) is 4.94. The number of aromatic carboxylic acids is 1. The summed E-state index contributed by atoms with van der Waals surface area (Å²) in [5.74, 6) is -1.52. The van der Waals surface area contributed by atoms with Gasteiger partial charge < -0.3 is 5.11 Å². The number of benzene rings is 1. The van der Waals surface area contributed by atoms with Gasteiger partial charge in [-0.1, -0.05) is 12.8 Å². The van der Waals surface area contributed by atoms with Crippen molar-refractivity contribution in [1.29, 1.82) is 0 Å². The fourth-order valence-electron chi connectivity index (χ4n) is 3.30. The fraction of sp³-hybridized carbons (Fsp3) is 0.400. The van der Waals surface area contributed by atoms with E-state index >= 15 is 0 Å². The highest BCUT2D eigenvalue weighted by atomic mass is 79.9. The molecule has 0 bridgehead atoms. The molecule has 0 aromatic heterocycles. The summed E-state index contributed by atoms with van der Waals surface area (Å²) in [7, 11) is 0. The molecule has 0 radical (unpaired) electrons. The zero-order chi connectivity index (χ0) is 15.2. The van der Waals surface area contributed by atoms with Crippen LogP contribution in [0.5, 0.6) is 0 Å². The van der Waals surface area contributed by atoms with E-state index in [4.69, 9.17) is 5.11 Å². The van der Waals surface area contributed by atoms with Gasteiger partial charge in [-0.05, 0) is 47.0 Å². The Labute approximate surface area is 130 Å². The van der Waals surface area contributed by atoms with E-state index in [2.05, 4.69) is 15.9 Å². The van der Waals surface area contributed by atoms with Gasteiger partial charge in [-0.3, -0.25) is 9.59 Å². The van der Waals surface area contributed by atoms with E-state index in [1.165, 1.54) is 12.1 Å². The van der Waals surface area contributed by atoms with Crippen molar-refractivity contribution in [2.75, 3.05) is 4.90 Å². The lowest BCUT2D eigenvalue weighted by atomic mass is 9.84. The molecule has 1 saturated heterocycles. The molecule has 5 nitrogen and oxygen atoms in total. The number of halogens is 1. The summed E-state index contributed by atoms with van der Waals surface area (Å²) in [6.07, 6.45) is 3.64. The highest BCUT2D eigenvalue weighted by molar-refractivity contribution is 9.10. The molecule has 1 saturated carbocycles. The largest absolute Gasteiger partial charge is 0.478 e. The predicted molar refractivity (Wildman–Crippen MR) is 79.1 cm³/mol. The average molecular weight is 352 g/mol. The molecule has 0 atom stereocenters. The lowest BCUT2D eigenvalue weighted by Gasteiger charge is -2.21. The van der Waals surface area contributed by atoms with Gasteiger partial charge in [0.05, 0.1) is 16.7 Å². The third kappa shape index (κ3) is 2.18. The maximum absolute atomic E-state index is 12.7. The second-order valence-corrected chi connectivity index (χ2v) is 6.52. The van der Waals surface area contributed by atoms with Gasteiger partial charge in [-0.25, -0.2) is 9.69 Å². The highest BCUT2D eigenvalue weighted by Crippen LogP contribution is 2.48. The van der Waals surface area contributed by atoms with E-state index in [9.17, 15) is 14.4 Å². The molecule has 0 unspecified atom stereocenters. The van der Waals surface area contributed by atoms with Crippen molar-refractivity contribution >= 4 is 39.4 Å². The molecule has 1 heterocycles. The zero-order valence-electron chi connectivity index (χ0n) is 11.3. The molecular formula is C15H14BrNO4. The van der Waals surface area contributed by atoms with Crippen LogP contribution in [0.2, 0.25) is 0 Å². The lowest BCUT2D eigenvalue weighted by Crippen LogP contribution is -2.34. The fourth-order valence-corrected chi connectivity index (χ4v) is 3.72. The average Bonchev–Trinajstić information content (AvgIpc) is 2.98. The summed E-state index contributed by atoms with van der Waals surface area (Å²) in [6.45, 7) is 0. The van der Waals surface area contributed by atoms with E-state index in [1.807, 2.05) is 0 Å². The molecule has 110 valence electrons. The lowest BCUT2D eigenvalue weighted by molar-refractivity contribution is -0.125. The number of hydrogen-bond donors (Lipinski definition) is 1. The van der Waals surface area contributed by atoms with Gasteiger partial charge >= 0.3 is 5.97 Å². The Hall–Kier alpha value is -1.69. The van der Waals surface area contributed by atoms with Crippen LogP contribution >= 0.6 is 15.9 Å². The van der Waals surface area contributed by atoms with Crippen molar-refractivity contribution in [3.8, 4) is 0 Å². The molecule has 1 N–H and O–H groups in total. The number of rotatable bonds is 2. The van der Waals surface area contributed by atoms with Crippen molar-refractivity contribution in [2.45, 2.75) is 32.1 Å². The van der Waals surface area contributed by atoms with Crippen molar-refractivity contribution in [3.05, 3.63) is 28.2 Å². The summed E-state index contributed by atoms with van der Waals surface area (Å²) in [5.41, 5.74) is -0.176. The third-order valence-corrected chi connectivity index (χ3v) is 5.06. The van der Waals surface area contributed by atoms with Crippen LogP contribution in [-0.4, -0.2) is 22.9 Å². The number of nitrogens with zero attached hydrogens (tertiary/aromatic N) is 1. The maximum atomic E-state index is 12.7. The minimum Gasteiger partial charge on any atom is -0.478 e. The molecule has 1 aromatic rings. The first kappa shape index (κ1) is 14.3. The van der Waals surface area contributed by atoms with Gasteiger partial charge in [0.1, 0.15) is 0 Å². The molecule has 2 fully saturated rings. The third-order valence-electron chi connectivity index (χ3n) is 4.39. The van der Waals surface area contributed by atoms with Crippen molar-refractivity contribution < 1.29 is 19.5 Å². The van der Waals surface area contributed by atoms with Crippen molar-refractivity contribution in [3.63, 3.8) is 0 Å². The molecule has 21 heavy (non-hydrogen) atoms. The monoisotopic (exact) mass is 351 g/mol. The predicted octanol–water partition coefficient (Wildman–Crippen LogP) is 2.97. The number of anilines is 1. The number of amides is 2. The Bertz CT molecular complexity index is 649. The number of imide groups is 1. The van der Waals surface area contributed by atoms with E-state index in [0.29, 0.717) is 10.2 Å². The number of carbonyl (C=O) groups is 3. The summed E-state index contributed by atoms with van der Waals surface area (Å²) < 4.78 is 0.546. The van der Waals surface area contributed by atoms with Crippen molar-refractivity contribution in [1.82, 2.24) is 0 Å². The first-order valence-corrected chi connectivity index (χ1v) is 7.64. The highest BCUT2D eigenvalue weighted by Gasteiger charge is 2.53. The molecule has 1 aromatic carbocycles. The molecule has 3 rings (SSSR count). The summed E-state index contributed by atoms with van der Waals surface area (Å²) in [5, 5.41) is 9.08. The van der Waals surface area contributed by atoms with Gasteiger partial charge in [0.2, 0.25) is 11.8 Å². The normalized spacial score (nSPS) is 20.5. The minimum atomic E-state index is -1.08. The maximum Gasteiger partial charge on any atom is 0.335 e. The second-order valence-electron chi connectivity index (χ2n) is 5.67. The van der Waals surface area contributed by atoms with Crippen LogP contribution in [0.4, 0.5) is 5.69 Å². The van der Waals surface area contributed by atoms with Gasteiger partial charge in [0.15, 0.2) is 0 Å². The van der Waals surface area contributed by atoms with Gasteiger partial charge in [0, 0.05) is 10.9 Å². The summed E-state index contributed by atoms with van der Waals surface area (Å²) in [4.78, 5) is 37.3. The minimum absolute atomic E-state index is 0.0566. The van der Waals surface area contributed by atoms with Crippen LogP contribution in [0.25, 0.3) is 0 Å². The summed E-state index contributed by atoms with van der Waals surface area (Å²) >= 11 is 3.30. The SMILES string of the molecule is O=C(O)c1ccc(Br)c(N2C(=O)CC3(CCCC3)C2=O)c1. The Balaban J connectivity index is 2.04. The molecule has 1 aliphatic carbocycles. The van der Waals surface area contributed by atoms with Crippen LogP contribution in [0.15, 0.2) is 22.7 Å². The van der Waals surface area contributed by atoms with E-state index in [-0.39, 0.29) is 23.8 Å². The van der Waals surface area contributed by atoms with Crippen LogP contribution in [0.3, 0.4) is 0 Å². The van der Waals surface area contributed by atoms with Crippen LogP contribution in [0, 0.1) is 5.41 Å². The van der Waals surface area contributed by atoms with Gasteiger partial charge in [0.25, 0.3) is 0 Å². The quantitative estimate of drug-likeness (QED) is 0.831. The van der Waals surface area contributed by atoms with Crippen LogP contribution in [-0.2, 0) is 9.59 Å².